The lowest BCUT2D eigenvalue weighted by Gasteiger charge is -2.34. The van der Waals surface area contributed by atoms with Crippen molar-refractivity contribution in [1.82, 2.24) is 19.3 Å². The molecule has 1 fully saturated rings. The minimum absolute atomic E-state index is 0.142. The minimum Gasteiger partial charge on any atom is -0.354 e. The van der Waals surface area contributed by atoms with Crippen molar-refractivity contribution in [1.29, 1.82) is 0 Å². The van der Waals surface area contributed by atoms with Crippen molar-refractivity contribution >= 4 is 39.0 Å². The summed E-state index contributed by atoms with van der Waals surface area (Å²) in [5.41, 5.74) is 1.73. The Kier molecular flexibility index (Phi) is 5.92. The molecule has 0 aliphatic carbocycles. The van der Waals surface area contributed by atoms with Crippen LogP contribution in [0, 0.1) is 6.92 Å². The minimum atomic E-state index is -3.64. The van der Waals surface area contributed by atoms with E-state index in [-0.39, 0.29) is 9.92 Å². The summed E-state index contributed by atoms with van der Waals surface area (Å²) in [5, 5.41) is 0.543. The number of sulfonamides is 1. The van der Waals surface area contributed by atoms with E-state index in [2.05, 4.69) is 19.9 Å². The molecule has 4 rings (SSSR count). The first-order valence-electron chi connectivity index (χ1n) is 9.31. The van der Waals surface area contributed by atoms with Crippen molar-refractivity contribution in [2.45, 2.75) is 11.8 Å². The number of hydrogen-bond acceptors (Lipinski definition) is 6. The summed E-state index contributed by atoms with van der Waals surface area (Å²) < 4.78 is 27.4. The highest BCUT2D eigenvalue weighted by molar-refractivity contribution is 7.89. The molecule has 156 valence electrons. The van der Waals surface area contributed by atoms with E-state index in [0.29, 0.717) is 37.0 Å². The van der Waals surface area contributed by atoms with Gasteiger partial charge >= 0.3 is 0 Å². The third-order valence-electron chi connectivity index (χ3n) is 4.87. The molecule has 1 aliphatic rings. The molecule has 1 aliphatic heterocycles. The van der Waals surface area contributed by atoms with Crippen LogP contribution in [-0.4, -0.2) is 53.9 Å². The highest BCUT2D eigenvalue weighted by Crippen LogP contribution is 2.28. The number of rotatable bonds is 4. The average molecular weight is 464 g/mol. The van der Waals surface area contributed by atoms with Crippen LogP contribution in [-0.2, 0) is 10.0 Å². The second kappa shape index (κ2) is 8.47. The predicted molar refractivity (Wildman–Crippen MR) is 117 cm³/mol. The number of aromatic nitrogens is 3. The third kappa shape index (κ3) is 4.27. The Morgan fingerprint density at radius 1 is 0.900 bits per heavy atom. The van der Waals surface area contributed by atoms with Crippen molar-refractivity contribution in [3.05, 3.63) is 64.5 Å². The van der Waals surface area contributed by atoms with Crippen LogP contribution in [0.25, 0.3) is 11.4 Å². The Hall–Kier alpha value is -2.26. The van der Waals surface area contributed by atoms with Gasteiger partial charge in [0.1, 0.15) is 5.82 Å². The fraction of sp³-hybridized carbons (Fsp3) is 0.250. The maximum atomic E-state index is 13.0. The summed E-state index contributed by atoms with van der Waals surface area (Å²) in [6.07, 6.45) is 3.40. The van der Waals surface area contributed by atoms with Crippen LogP contribution < -0.4 is 4.90 Å². The quantitative estimate of drug-likeness (QED) is 0.587. The van der Waals surface area contributed by atoms with E-state index >= 15 is 0 Å². The lowest BCUT2D eigenvalue weighted by atomic mass is 10.2. The van der Waals surface area contributed by atoms with Gasteiger partial charge in [0.25, 0.3) is 0 Å². The van der Waals surface area contributed by atoms with E-state index in [1.165, 1.54) is 22.5 Å². The molecule has 7 nitrogen and oxygen atoms in total. The molecule has 2 aromatic heterocycles. The first-order valence-corrected chi connectivity index (χ1v) is 11.5. The van der Waals surface area contributed by atoms with Crippen molar-refractivity contribution in [3.8, 4) is 11.4 Å². The van der Waals surface area contributed by atoms with Gasteiger partial charge in [0.05, 0.1) is 14.9 Å². The summed E-state index contributed by atoms with van der Waals surface area (Å²) in [6, 6.07) is 10.00. The number of benzene rings is 1. The Balaban J connectivity index is 1.52. The van der Waals surface area contributed by atoms with E-state index in [9.17, 15) is 8.42 Å². The zero-order valence-electron chi connectivity index (χ0n) is 16.2. The Morgan fingerprint density at radius 3 is 2.27 bits per heavy atom. The van der Waals surface area contributed by atoms with E-state index in [1.807, 2.05) is 25.1 Å². The van der Waals surface area contributed by atoms with Gasteiger partial charge in [-0.3, -0.25) is 4.98 Å². The zero-order valence-corrected chi connectivity index (χ0v) is 18.5. The van der Waals surface area contributed by atoms with Gasteiger partial charge in [-0.05, 0) is 37.3 Å². The molecule has 1 saturated heterocycles. The van der Waals surface area contributed by atoms with Crippen LogP contribution >= 0.6 is 23.2 Å². The topological polar surface area (TPSA) is 79.3 Å². The van der Waals surface area contributed by atoms with Crippen LogP contribution in [0.2, 0.25) is 10.0 Å². The van der Waals surface area contributed by atoms with Crippen LogP contribution in [0.4, 0.5) is 5.82 Å². The fourth-order valence-corrected chi connectivity index (χ4v) is 5.10. The Labute approximate surface area is 185 Å². The number of hydrogen-bond donors (Lipinski definition) is 0. The molecule has 0 spiro atoms. The maximum absolute atomic E-state index is 13.0. The van der Waals surface area contributed by atoms with Crippen molar-refractivity contribution in [2.75, 3.05) is 31.1 Å². The Morgan fingerprint density at radius 2 is 1.60 bits per heavy atom. The molecule has 0 atom stereocenters. The van der Waals surface area contributed by atoms with Crippen molar-refractivity contribution < 1.29 is 8.42 Å². The largest absolute Gasteiger partial charge is 0.354 e. The van der Waals surface area contributed by atoms with Gasteiger partial charge in [-0.2, -0.15) is 4.31 Å². The molecule has 1 aromatic carbocycles. The van der Waals surface area contributed by atoms with E-state index in [0.717, 1.165) is 17.1 Å². The third-order valence-corrected chi connectivity index (χ3v) is 7.50. The van der Waals surface area contributed by atoms with Gasteiger partial charge in [-0.25, -0.2) is 18.4 Å². The number of nitrogens with zero attached hydrogens (tertiary/aromatic N) is 5. The lowest BCUT2D eigenvalue weighted by molar-refractivity contribution is 0.384. The van der Waals surface area contributed by atoms with E-state index in [4.69, 9.17) is 23.2 Å². The molecule has 0 radical (unpaired) electrons. The first kappa shape index (κ1) is 21.0. The molecule has 30 heavy (non-hydrogen) atoms. The lowest BCUT2D eigenvalue weighted by Crippen LogP contribution is -2.49. The zero-order chi connectivity index (χ0) is 21.3. The van der Waals surface area contributed by atoms with Gasteiger partial charge in [0.15, 0.2) is 5.82 Å². The van der Waals surface area contributed by atoms with Crippen LogP contribution in [0.3, 0.4) is 0 Å². The summed E-state index contributed by atoms with van der Waals surface area (Å²) in [7, 11) is -3.64. The van der Waals surface area contributed by atoms with Gasteiger partial charge in [-0.1, -0.05) is 23.2 Å². The number of halogens is 2. The standard InChI is InChI=1S/C20H19Cl2N5O2S/c1-14-12-19(25-20(24-14)15-4-6-23-7-5-15)26-8-10-27(11-9-26)30(28,29)16-2-3-17(21)18(22)13-16/h2-7,12-13H,8-11H2,1H3. The van der Waals surface area contributed by atoms with Gasteiger partial charge in [0, 0.05) is 55.9 Å². The smallest absolute Gasteiger partial charge is 0.243 e. The SMILES string of the molecule is Cc1cc(N2CCN(S(=O)(=O)c3ccc(Cl)c(Cl)c3)CC2)nc(-c2ccncc2)n1. The maximum Gasteiger partial charge on any atom is 0.243 e. The van der Waals surface area contributed by atoms with Crippen LogP contribution in [0.1, 0.15) is 5.69 Å². The highest BCUT2D eigenvalue weighted by Gasteiger charge is 2.29. The summed E-state index contributed by atoms with van der Waals surface area (Å²) >= 11 is 11.9. The number of piperazine rings is 1. The van der Waals surface area contributed by atoms with Crippen LogP contribution in [0.5, 0.6) is 0 Å². The highest BCUT2D eigenvalue weighted by atomic mass is 35.5. The summed E-state index contributed by atoms with van der Waals surface area (Å²) in [4.78, 5) is 15.4. The molecule has 3 aromatic rings. The normalized spacial score (nSPS) is 15.4. The van der Waals surface area contributed by atoms with Crippen molar-refractivity contribution in [3.63, 3.8) is 0 Å². The number of anilines is 1. The van der Waals surface area contributed by atoms with E-state index < -0.39 is 10.0 Å². The number of aryl methyl sites for hydroxylation is 1. The predicted octanol–water partition coefficient (Wildman–Crippen LogP) is 3.66. The summed E-state index contributed by atoms with van der Waals surface area (Å²) in [6.45, 7) is 3.65. The summed E-state index contributed by atoms with van der Waals surface area (Å²) in [5.74, 6) is 1.40. The molecular formula is C20H19Cl2N5O2S. The monoisotopic (exact) mass is 463 g/mol. The fourth-order valence-electron chi connectivity index (χ4n) is 3.29. The molecule has 3 heterocycles. The molecule has 0 N–H and O–H groups in total. The first-order chi connectivity index (χ1) is 14.3. The van der Waals surface area contributed by atoms with Gasteiger partial charge in [-0.15, -0.1) is 0 Å². The second-order valence-corrected chi connectivity index (χ2v) is 9.65. The number of pyridine rings is 1. The van der Waals surface area contributed by atoms with Gasteiger partial charge in [0.2, 0.25) is 10.0 Å². The molecule has 0 unspecified atom stereocenters. The molecular weight excluding hydrogens is 445 g/mol. The second-order valence-electron chi connectivity index (χ2n) is 6.89. The average Bonchev–Trinajstić information content (AvgIpc) is 2.76. The molecule has 0 amide bonds. The Bertz CT molecular complexity index is 1170. The molecule has 0 bridgehead atoms. The molecule has 0 saturated carbocycles. The van der Waals surface area contributed by atoms with Crippen LogP contribution in [0.15, 0.2) is 53.7 Å². The van der Waals surface area contributed by atoms with E-state index in [1.54, 1.807) is 12.4 Å². The van der Waals surface area contributed by atoms with Crippen molar-refractivity contribution in [2.24, 2.45) is 0 Å². The van der Waals surface area contributed by atoms with Gasteiger partial charge < -0.3 is 4.90 Å². The molecule has 10 heteroatoms.